The molecule has 0 saturated carbocycles. The fourth-order valence-electron chi connectivity index (χ4n) is 1.15. The zero-order valence-corrected chi connectivity index (χ0v) is 8.64. The summed E-state index contributed by atoms with van der Waals surface area (Å²) in [5.41, 5.74) is 0. The molecule has 0 rings (SSSR count). The van der Waals surface area contributed by atoms with E-state index < -0.39 is 19.5 Å². The zero-order chi connectivity index (χ0) is 10.6. The smallest absolute Gasteiger partial charge is 0.402 e. The molecule has 0 aliphatic rings. The number of aliphatic hydroxyl groups is 1. The summed E-state index contributed by atoms with van der Waals surface area (Å²) in [7, 11) is -1.82. The Hall–Kier alpha value is -0.0951. The van der Waals surface area contributed by atoms with Crippen molar-refractivity contribution in [3.05, 3.63) is 0 Å². The number of hydrogen-bond acceptors (Lipinski definition) is 4. The Labute approximate surface area is 79.7 Å². The highest BCUT2D eigenvalue weighted by atomic mass is 16.6. The molecule has 0 saturated heterocycles. The number of hydrogen-bond donors (Lipinski definition) is 3. The van der Waals surface area contributed by atoms with E-state index in [4.69, 9.17) is 14.7 Å². The van der Waals surface area contributed by atoms with Crippen LogP contribution in [0.1, 0.15) is 27.7 Å². The minimum atomic E-state index is -1.82. The lowest BCUT2D eigenvalue weighted by Crippen LogP contribution is -2.41. The van der Waals surface area contributed by atoms with Gasteiger partial charge in [0.2, 0.25) is 0 Å². The Balaban J connectivity index is 4.24. The molecule has 3 N–H and O–H groups in total. The molecule has 0 bridgehead atoms. The minimum absolute atomic E-state index is 0.0335. The van der Waals surface area contributed by atoms with Gasteiger partial charge < -0.3 is 19.8 Å². The van der Waals surface area contributed by atoms with Crippen LogP contribution in [0.15, 0.2) is 0 Å². The van der Waals surface area contributed by atoms with Crippen LogP contribution in [0.2, 0.25) is 0 Å². The summed E-state index contributed by atoms with van der Waals surface area (Å²) in [5, 5.41) is 26.9. The summed E-state index contributed by atoms with van der Waals surface area (Å²) in [6.07, 6.45) is -1.22. The van der Waals surface area contributed by atoms with Crippen molar-refractivity contribution < 1.29 is 19.8 Å². The highest BCUT2D eigenvalue weighted by molar-refractivity contribution is 6.32. The van der Waals surface area contributed by atoms with E-state index in [9.17, 15) is 5.11 Å². The second-order valence-corrected chi connectivity index (χ2v) is 3.91. The van der Waals surface area contributed by atoms with Crippen molar-refractivity contribution in [3.63, 3.8) is 0 Å². The summed E-state index contributed by atoms with van der Waals surface area (Å²) in [5.74, 6) is 0.0744. The molecule has 0 heterocycles. The topological polar surface area (TPSA) is 69.9 Å². The lowest BCUT2D eigenvalue weighted by atomic mass is 9.93. The average molecular weight is 190 g/mol. The Morgan fingerprint density at radius 2 is 1.46 bits per heavy atom. The Morgan fingerprint density at radius 3 is 1.69 bits per heavy atom. The van der Waals surface area contributed by atoms with E-state index in [1.165, 1.54) is 0 Å². The van der Waals surface area contributed by atoms with E-state index in [-0.39, 0.29) is 11.8 Å². The van der Waals surface area contributed by atoms with Gasteiger partial charge in [-0.15, -0.1) is 0 Å². The largest absolute Gasteiger partial charge is 0.634 e. The molecule has 0 spiro atoms. The van der Waals surface area contributed by atoms with Crippen LogP contribution in [-0.4, -0.2) is 34.7 Å². The first-order chi connectivity index (χ1) is 5.86. The van der Waals surface area contributed by atoms with Crippen molar-refractivity contribution in [3.8, 4) is 0 Å². The van der Waals surface area contributed by atoms with Crippen molar-refractivity contribution in [1.82, 2.24) is 0 Å². The van der Waals surface area contributed by atoms with Gasteiger partial charge in [0.15, 0.2) is 0 Å². The van der Waals surface area contributed by atoms with Gasteiger partial charge in [-0.1, -0.05) is 27.7 Å². The molecular formula is C8H19BO4. The number of rotatable bonds is 5. The van der Waals surface area contributed by atoms with E-state index in [2.05, 4.69) is 0 Å². The standard InChI is InChI=1S/C8H19BO4/c1-5(2)7(10)8(6(3)4)13-9(11)12/h5-8,10-12H,1-4H3. The van der Waals surface area contributed by atoms with Crippen molar-refractivity contribution in [2.24, 2.45) is 11.8 Å². The summed E-state index contributed by atoms with van der Waals surface area (Å²) >= 11 is 0. The third kappa shape index (κ3) is 4.62. The third-order valence-electron chi connectivity index (χ3n) is 1.96. The van der Waals surface area contributed by atoms with Gasteiger partial charge in [-0.25, -0.2) is 0 Å². The van der Waals surface area contributed by atoms with Crippen LogP contribution in [0, 0.1) is 11.8 Å². The molecule has 2 unspecified atom stereocenters. The van der Waals surface area contributed by atoms with Gasteiger partial charge >= 0.3 is 7.32 Å². The SMILES string of the molecule is CC(C)C(O)C(OB(O)O)C(C)C. The normalized spacial score (nSPS) is 16.4. The summed E-state index contributed by atoms with van der Waals surface area (Å²) in [6.45, 7) is 7.43. The molecule has 4 nitrogen and oxygen atoms in total. The highest BCUT2D eigenvalue weighted by Gasteiger charge is 2.29. The van der Waals surface area contributed by atoms with Crippen LogP contribution in [0.3, 0.4) is 0 Å². The van der Waals surface area contributed by atoms with Crippen molar-refractivity contribution in [2.45, 2.75) is 39.9 Å². The van der Waals surface area contributed by atoms with Gasteiger partial charge in [-0.2, -0.15) is 0 Å². The Kier molecular flexibility index (Phi) is 5.56. The van der Waals surface area contributed by atoms with E-state index in [1.54, 1.807) is 0 Å². The second-order valence-electron chi connectivity index (χ2n) is 3.91. The van der Waals surface area contributed by atoms with Gasteiger partial charge in [0.1, 0.15) is 0 Å². The number of aliphatic hydroxyl groups excluding tert-OH is 1. The van der Waals surface area contributed by atoms with Crippen LogP contribution in [0.4, 0.5) is 0 Å². The maximum absolute atomic E-state index is 9.66. The quantitative estimate of drug-likeness (QED) is 0.534. The summed E-state index contributed by atoms with van der Waals surface area (Å²) in [4.78, 5) is 0. The predicted molar refractivity (Wildman–Crippen MR) is 50.7 cm³/mol. The molecule has 0 aliphatic carbocycles. The Bertz CT molecular complexity index is 138. The third-order valence-corrected chi connectivity index (χ3v) is 1.96. The second kappa shape index (κ2) is 5.60. The van der Waals surface area contributed by atoms with Crippen LogP contribution in [-0.2, 0) is 4.65 Å². The van der Waals surface area contributed by atoms with E-state index in [0.717, 1.165) is 0 Å². The van der Waals surface area contributed by atoms with Crippen LogP contribution < -0.4 is 0 Å². The maximum Gasteiger partial charge on any atom is 0.634 e. The van der Waals surface area contributed by atoms with Crippen molar-refractivity contribution in [2.75, 3.05) is 0 Å². The lowest BCUT2D eigenvalue weighted by molar-refractivity contribution is -0.0384. The van der Waals surface area contributed by atoms with E-state index >= 15 is 0 Å². The average Bonchev–Trinajstić information content (AvgIpc) is 1.97. The fraction of sp³-hybridized carbons (Fsp3) is 1.00. The fourth-order valence-corrected chi connectivity index (χ4v) is 1.15. The molecule has 0 aromatic rings. The molecule has 78 valence electrons. The first-order valence-corrected chi connectivity index (χ1v) is 4.56. The Morgan fingerprint density at radius 1 is 1.00 bits per heavy atom. The summed E-state index contributed by atoms with van der Waals surface area (Å²) < 4.78 is 4.80. The molecule has 0 aromatic carbocycles. The predicted octanol–water partition coefficient (Wildman–Crippen LogP) is 0.0140. The molecule has 0 fully saturated rings. The first kappa shape index (κ1) is 12.9. The highest BCUT2D eigenvalue weighted by Crippen LogP contribution is 2.17. The van der Waals surface area contributed by atoms with Gasteiger partial charge in [0.05, 0.1) is 12.2 Å². The van der Waals surface area contributed by atoms with Crippen LogP contribution in [0.5, 0.6) is 0 Å². The molecule has 0 aliphatic heterocycles. The van der Waals surface area contributed by atoms with E-state index in [1.807, 2.05) is 27.7 Å². The maximum atomic E-state index is 9.66. The van der Waals surface area contributed by atoms with Gasteiger partial charge in [0.25, 0.3) is 0 Å². The minimum Gasteiger partial charge on any atom is -0.402 e. The molecule has 5 heteroatoms. The van der Waals surface area contributed by atoms with Gasteiger partial charge in [-0.3, -0.25) is 0 Å². The summed E-state index contributed by atoms with van der Waals surface area (Å²) in [6, 6.07) is 0. The van der Waals surface area contributed by atoms with Crippen molar-refractivity contribution >= 4 is 7.32 Å². The van der Waals surface area contributed by atoms with Gasteiger partial charge in [0, 0.05) is 0 Å². The molecular weight excluding hydrogens is 171 g/mol. The van der Waals surface area contributed by atoms with Crippen LogP contribution in [0.25, 0.3) is 0 Å². The van der Waals surface area contributed by atoms with Crippen LogP contribution >= 0.6 is 0 Å². The van der Waals surface area contributed by atoms with E-state index in [0.29, 0.717) is 0 Å². The lowest BCUT2D eigenvalue weighted by Gasteiger charge is -2.29. The molecule has 0 radical (unpaired) electrons. The molecule has 13 heavy (non-hydrogen) atoms. The first-order valence-electron chi connectivity index (χ1n) is 4.56. The van der Waals surface area contributed by atoms with Gasteiger partial charge in [-0.05, 0) is 11.8 Å². The molecule has 0 aromatic heterocycles. The monoisotopic (exact) mass is 190 g/mol. The van der Waals surface area contributed by atoms with Crippen molar-refractivity contribution in [1.29, 1.82) is 0 Å². The molecule has 0 amide bonds. The molecule has 2 atom stereocenters. The zero-order valence-electron chi connectivity index (χ0n) is 8.64.